The lowest BCUT2D eigenvalue weighted by Gasteiger charge is -2.13. The summed E-state index contributed by atoms with van der Waals surface area (Å²) in [6.45, 7) is 6.75. The molecule has 1 amide bonds. The molecule has 0 bridgehead atoms. The number of hydrogen-bond acceptors (Lipinski definition) is 7. The van der Waals surface area contributed by atoms with Crippen molar-refractivity contribution in [3.8, 4) is 11.5 Å². The maximum atomic E-state index is 12.2. The van der Waals surface area contributed by atoms with Crippen molar-refractivity contribution in [1.29, 1.82) is 0 Å². The van der Waals surface area contributed by atoms with Gasteiger partial charge >= 0.3 is 11.9 Å². The van der Waals surface area contributed by atoms with Crippen LogP contribution in [0.25, 0.3) is 0 Å². The predicted molar refractivity (Wildman–Crippen MR) is 103 cm³/mol. The molecule has 28 heavy (non-hydrogen) atoms. The summed E-state index contributed by atoms with van der Waals surface area (Å²) in [7, 11) is 0. The van der Waals surface area contributed by atoms with Crippen LogP contribution in [0.2, 0.25) is 0 Å². The van der Waals surface area contributed by atoms with Crippen LogP contribution in [0.1, 0.15) is 50.4 Å². The van der Waals surface area contributed by atoms with Crippen molar-refractivity contribution in [3.05, 3.63) is 23.8 Å². The number of amides is 1. The zero-order valence-electron chi connectivity index (χ0n) is 16.7. The molecule has 0 aliphatic rings. The number of carbonyl (C=O) groups is 3. The molecule has 1 aromatic rings. The van der Waals surface area contributed by atoms with Gasteiger partial charge in [0.2, 0.25) is 0 Å². The first kappa shape index (κ1) is 23.3. The van der Waals surface area contributed by atoms with Crippen LogP contribution in [0.15, 0.2) is 18.2 Å². The second-order valence-corrected chi connectivity index (χ2v) is 5.78. The number of rotatable bonds is 13. The van der Waals surface area contributed by atoms with Crippen molar-refractivity contribution >= 4 is 17.8 Å². The Kier molecular flexibility index (Phi) is 11.1. The third-order valence-corrected chi connectivity index (χ3v) is 3.46. The van der Waals surface area contributed by atoms with E-state index >= 15 is 0 Å². The van der Waals surface area contributed by atoms with Crippen LogP contribution in [0, 0.1) is 0 Å². The van der Waals surface area contributed by atoms with Crippen LogP contribution in [-0.2, 0) is 19.1 Å². The monoisotopic (exact) mass is 395 g/mol. The van der Waals surface area contributed by atoms with Crippen molar-refractivity contribution in [1.82, 2.24) is 5.32 Å². The zero-order valence-corrected chi connectivity index (χ0v) is 16.7. The number of hydrogen-bond donors (Lipinski definition) is 1. The quantitative estimate of drug-likeness (QED) is 0.404. The van der Waals surface area contributed by atoms with E-state index in [1.807, 2.05) is 13.8 Å². The number of esters is 2. The standard InChI is InChI=1S/C20H29NO7/c1-4-12-27-16-10-9-15(13-17(16)25-5-2)20(24)28-14-18(22)21-11-7-8-19(23)26-6-3/h9-10,13H,4-8,11-12,14H2,1-3H3,(H,21,22). The van der Waals surface area contributed by atoms with Gasteiger partial charge in [0, 0.05) is 13.0 Å². The Bertz CT molecular complexity index is 645. The smallest absolute Gasteiger partial charge is 0.338 e. The van der Waals surface area contributed by atoms with E-state index in [0.29, 0.717) is 44.3 Å². The Labute approximate surface area is 165 Å². The van der Waals surface area contributed by atoms with E-state index < -0.39 is 18.5 Å². The average molecular weight is 395 g/mol. The van der Waals surface area contributed by atoms with Gasteiger partial charge in [-0.25, -0.2) is 4.79 Å². The highest BCUT2D eigenvalue weighted by Gasteiger charge is 2.14. The molecular weight excluding hydrogens is 366 g/mol. The molecule has 0 unspecified atom stereocenters. The lowest BCUT2D eigenvalue weighted by atomic mass is 10.2. The first-order valence-electron chi connectivity index (χ1n) is 9.50. The summed E-state index contributed by atoms with van der Waals surface area (Å²) in [5, 5.41) is 2.58. The molecule has 0 saturated carbocycles. The molecule has 1 rings (SSSR count). The highest BCUT2D eigenvalue weighted by atomic mass is 16.5. The van der Waals surface area contributed by atoms with Gasteiger partial charge in [0.1, 0.15) is 0 Å². The van der Waals surface area contributed by atoms with Crippen molar-refractivity contribution in [2.45, 2.75) is 40.0 Å². The van der Waals surface area contributed by atoms with Crippen molar-refractivity contribution in [2.75, 3.05) is 33.0 Å². The largest absolute Gasteiger partial charge is 0.490 e. The van der Waals surface area contributed by atoms with Gasteiger partial charge in [-0.1, -0.05) is 6.92 Å². The lowest BCUT2D eigenvalue weighted by molar-refractivity contribution is -0.143. The molecule has 8 heteroatoms. The Hall–Kier alpha value is -2.77. The van der Waals surface area contributed by atoms with Gasteiger partial charge in [-0.15, -0.1) is 0 Å². The summed E-state index contributed by atoms with van der Waals surface area (Å²) < 4.78 is 20.9. The molecule has 0 saturated heterocycles. The normalized spacial score (nSPS) is 10.1. The Morgan fingerprint density at radius 1 is 0.964 bits per heavy atom. The van der Waals surface area contributed by atoms with Crippen LogP contribution < -0.4 is 14.8 Å². The van der Waals surface area contributed by atoms with E-state index in [0.717, 1.165) is 6.42 Å². The fourth-order valence-corrected chi connectivity index (χ4v) is 2.19. The number of carbonyl (C=O) groups excluding carboxylic acids is 3. The molecule has 0 heterocycles. The van der Waals surface area contributed by atoms with E-state index in [-0.39, 0.29) is 18.0 Å². The fraction of sp³-hybridized carbons (Fsp3) is 0.550. The maximum absolute atomic E-state index is 12.2. The molecule has 0 radical (unpaired) electrons. The molecule has 0 aliphatic heterocycles. The minimum Gasteiger partial charge on any atom is -0.490 e. The Balaban J connectivity index is 2.46. The molecule has 1 aromatic carbocycles. The molecule has 1 N–H and O–H groups in total. The summed E-state index contributed by atoms with van der Waals surface area (Å²) in [6.07, 6.45) is 1.53. The van der Waals surface area contributed by atoms with Gasteiger partial charge in [0.25, 0.3) is 5.91 Å². The molecule has 156 valence electrons. The van der Waals surface area contributed by atoms with E-state index in [4.69, 9.17) is 18.9 Å². The summed E-state index contributed by atoms with van der Waals surface area (Å²) in [5.74, 6) is -0.372. The minimum atomic E-state index is -0.635. The number of ether oxygens (including phenoxy) is 4. The molecular formula is C20H29NO7. The molecule has 8 nitrogen and oxygen atoms in total. The van der Waals surface area contributed by atoms with Crippen molar-refractivity contribution in [3.63, 3.8) is 0 Å². The van der Waals surface area contributed by atoms with Crippen LogP contribution in [-0.4, -0.2) is 50.8 Å². The SMILES string of the molecule is CCCOc1ccc(C(=O)OCC(=O)NCCCC(=O)OCC)cc1OCC. The first-order valence-corrected chi connectivity index (χ1v) is 9.50. The third kappa shape index (κ3) is 8.75. The number of benzene rings is 1. The summed E-state index contributed by atoms with van der Waals surface area (Å²) in [4.78, 5) is 35.1. The van der Waals surface area contributed by atoms with E-state index in [1.54, 1.807) is 19.1 Å². The zero-order chi connectivity index (χ0) is 20.8. The van der Waals surface area contributed by atoms with Gasteiger partial charge in [0.05, 0.1) is 25.4 Å². The fourth-order valence-electron chi connectivity index (χ4n) is 2.19. The molecule has 0 aliphatic carbocycles. The molecule has 0 fully saturated rings. The highest BCUT2D eigenvalue weighted by molar-refractivity contribution is 5.92. The molecule has 0 aromatic heterocycles. The Morgan fingerprint density at radius 2 is 1.75 bits per heavy atom. The summed E-state index contributed by atoms with van der Waals surface area (Å²) >= 11 is 0. The van der Waals surface area contributed by atoms with Crippen LogP contribution in [0.5, 0.6) is 11.5 Å². The van der Waals surface area contributed by atoms with E-state index in [1.165, 1.54) is 6.07 Å². The second kappa shape index (κ2) is 13.4. The minimum absolute atomic E-state index is 0.223. The van der Waals surface area contributed by atoms with Gasteiger partial charge in [-0.3, -0.25) is 9.59 Å². The van der Waals surface area contributed by atoms with Gasteiger partial charge < -0.3 is 24.3 Å². The van der Waals surface area contributed by atoms with E-state index in [2.05, 4.69) is 5.32 Å². The summed E-state index contributed by atoms with van der Waals surface area (Å²) in [5.41, 5.74) is 0.266. The topological polar surface area (TPSA) is 100 Å². The lowest BCUT2D eigenvalue weighted by Crippen LogP contribution is -2.30. The van der Waals surface area contributed by atoms with Crippen molar-refractivity contribution < 1.29 is 33.3 Å². The summed E-state index contributed by atoms with van der Waals surface area (Å²) in [6, 6.07) is 4.74. The molecule has 0 atom stereocenters. The first-order chi connectivity index (χ1) is 13.5. The number of nitrogens with one attached hydrogen (secondary N) is 1. The maximum Gasteiger partial charge on any atom is 0.338 e. The van der Waals surface area contributed by atoms with Crippen LogP contribution >= 0.6 is 0 Å². The molecule has 0 spiro atoms. The van der Waals surface area contributed by atoms with Gasteiger partial charge in [-0.05, 0) is 44.9 Å². The third-order valence-electron chi connectivity index (χ3n) is 3.46. The van der Waals surface area contributed by atoms with Crippen LogP contribution in [0.4, 0.5) is 0 Å². The van der Waals surface area contributed by atoms with E-state index in [9.17, 15) is 14.4 Å². The highest BCUT2D eigenvalue weighted by Crippen LogP contribution is 2.29. The van der Waals surface area contributed by atoms with Gasteiger partial charge in [-0.2, -0.15) is 0 Å². The van der Waals surface area contributed by atoms with Crippen molar-refractivity contribution in [2.24, 2.45) is 0 Å². The predicted octanol–water partition coefficient (Wildman–Crippen LogP) is 2.49. The Morgan fingerprint density at radius 3 is 2.43 bits per heavy atom. The second-order valence-electron chi connectivity index (χ2n) is 5.78. The van der Waals surface area contributed by atoms with Crippen LogP contribution in [0.3, 0.4) is 0 Å². The average Bonchev–Trinajstić information content (AvgIpc) is 2.68. The van der Waals surface area contributed by atoms with Gasteiger partial charge in [0.15, 0.2) is 18.1 Å².